The lowest BCUT2D eigenvalue weighted by atomic mass is 10.2. The van der Waals surface area contributed by atoms with E-state index in [0.717, 1.165) is 22.7 Å². The quantitative estimate of drug-likeness (QED) is 0.594. The molecule has 0 unspecified atom stereocenters. The zero-order chi connectivity index (χ0) is 15.9. The average Bonchev–Trinajstić information content (AvgIpc) is 2.61. The summed E-state index contributed by atoms with van der Waals surface area (Å²) in [5.74, 6) is 0.811. The van der Waals surface area contributed by atoms with Crippen LogP contribution in [0.15, 0.2) is 83.3 Å². The molecule has 4 nitrogen and oxygen atoms in total. The van der Waals surface area contributed by atoms with Gasteiger partial charge in [-0.05, 0) is 48.9 Å². The Balaban J connectivity index is 1.58. The van der Waals surface area contributed by atoms with Crippen molar-refractivity contribution in [3.8, 4) is 5.75 Å². The van der Waals surface area contributed by atoms with Crippen LogP contribution in [-0.2, 0) is 6.61 Å². The summed E-state index contributed by atoms with van der Waals surface area (Å²) in [6, 6.07) is 19.6. The van der Waals surface area contributed by atoms with Gasteiger partial charge in [-0.1, -0.05) is 29.8 Å². The highest BCUT2D eigenvalue weighted by molar-refractivity contribution is 5.42. The Morgan fingerprint density at radius 2 is 1.61 bits per heavy atom. The molecule has 0 aliphatic carbocycles. The smallest absolute Gasteiger partial charge is 0.119 e. The van der Waals surface area contributed by atoms with Gasteiger partial charge in [0.25, 0.3) is 0 Å². The molecular formula is C19H17N3O. The van der Waals surface area contributed by atoms with Gasteiger partial charge in [0.05, 0.1) is 11.9 Å². The third-order valence-corrected chi connectivity index (χ3v) is 3.29. The Morgan fingerprint density at radius 3 is 2.30 bits per heavy atom. The highest BCUT2D eigenvalue weighted by atomic mass is 16.5. The van der Waals surface area contributed by atoms with E-state index in [0.29, 0.717) is 6.61 Å². The van der Waals surface area contributed by atoms with E-state index in [2.05, 4.69) is 46.4 Å². The van der Waals surface area contributed by atoms with Crippen LogP contribution < -0.4 is 4.74 Å². The van der Waals surface area contributed by atoms with E-state index in [1.807, 2.05) is 36.4 Å². The first kappa shape index (κ1) is 14.9. The summed E-state index contributed by atoms with van der Waals surface area (Å²) in [6.07, 6.45) is 3.38. The normalized spacial score (nSPS) is 10.8. The van der Waals surface area contributed by atoms with Crippen LogP contribution in [0.1, 0.15) is 11.1 Å². The number of rotatable bonds is 5. The average molecular weight is 303 g/mol. The topological polar surface area (TPSA) is 46.8 Å². The van der Waals surface area contributed by atoms with Crippen LogP contribution in [0, 0.1) is 6.92 Å². The molecule has 114 valence electrons. The molecule has 0 bridgehead atoms. The summed E-state index contributed by atoms with van der Waals surface area (Å²) in [7, 11) is 0. The number of aromatic nitrogens is 1. The fraction of sp³-hybridized carbons (Fsp3) is 0.105. The molecule has 1 heterocycles. The maximum Gasteiger partial charge on any atom is 0.119 e. The standard InChI is InChI=1S/C19H17N3O/c1-15-4-6-16(7-5-15)14-23-19-10-8-17(9-11-19)21-22-18-3-2-12-20-13-18/h2-13H,14H2,1H3. The first-order chi connectivity index (χ1) is 11.3. The van der Waals surface area contributed by atoms with Crippen molar-refractivity contribution in [2.24, 2.45) is 10.2 Å². The molecule has 0 fully saturated rings. The van der Waals surface area contributed by atoms with E-state index in [4.69, 9.17) is 4.74 Å². The zero-order valence-corrected chi connectivity index (χ0v) is 12.9. The molecule has 0 spiro atoms. The maximum atomic E-state index is 5.77. The lowest BCUT2D eigenvalue weighted by molar-refractivity contribution is 0.306. The molecule has 3 rings (SSSR count). The molecule has 0 saturated heterocycles. The van der Waals surface area contributed by atoms with Crippen LogP contribution in [0.2, 0.25) is 0 Å². The summed E-state index contributed by atoms with van der Waals surface area (Å²) < 4.78 is 5.77. The zero-order valence-electron chi connectivity index (χ0n) is 12.9. The van der Waals surface area contributed by atoms with Gasteiger partial charge in [0, 0.05) is 6.20 Å². The predicted octanol–water partition coefficient (Wildman–Crippen LogP) is 5.38. The molecule has 0 amide bonds. The number of hydrogen-bond donors (Lipinski definition) is 0. The Bertz CT molecular complexity index is 766. The van der Waals surface area contributed by atoms with Gasteiger partial charge in [-0.25, -0.2) is 0 Å². The van der Waals surface area contributed by atoms with Gasteiger partial charge in [0.15, 0.2) is 0 Å². The molecule has 0 N–H and O–H groups in total. The lowest BCUT2D eigenvalue weighted by Crippen LogP contribution is -1.94. The highest BCUT2D eigenvalue weighted by Gasteiger charge is 1.97. The second-order valence-electron chi connectivity index (χ2n) is 5.18. The van der Waals surface area contributed by atoms with Crippen molar-refractivity contribution < 1.29 is 4.74 Å². The minimum absolute atomic E-state index is 0.552. The van der Waals surface area contributed by atoms with Crippen molar-refractivity contribution in [2.75, 3.05) is 0 Å². The van der Waals surface area contributed by atoms with Crippen molar-refractivity contribution in [1.29, 1.82) is 0 Å². The third-order valence-electron chi connectivity index (χ3n) is 3.29. The van der Waals surface area contributed by atoms with Gasteiger partial charge in [0.1, 0.15) is 18.0 Å². The van der Waals surface area contributed by atoms with E-state index in [-0.39, 0.29) is 0 Å². The van der Waals surface area contributed by atoms with E-state index in [1.165, 1.54) is 5.56 Å². The largest absolute Gasteiger partial charge is 0.489 e. The number of azo groups is 1. The van der Waals surface area contributed by atoms with Gasteiger partial charge in [-0.3, -0.25) is 4.98 Å². The van der Waals surface area contributed by atoms with Crippen LogP contribution in [-0.4, -0.2) is 4.98 Å². The summed E-state index contributed by atoms with van der Waals surface area (Å²) in [5, 5.41) is 8.30. The van der Waals surface area contributed by atoms with Gasteiger partial charge >= 0.3 is 0 Å². The van der Waals surface area contributed by atoms with Gasteiger partial charge in [0.2, 0.25) is 0 Å². The van der Waals surface area contributed by atoms with Crippen LogP contribution >= 0.6 is 0 Å². The molecule has 0 saturated carbocycles. The van der Waals surface area contributed by atoms with E-state index >= 15 is 0 Å². The van der Waals surface area contributed by atoms with Crippen molar-refractivity contribution in [2.45, 2.75) is 13.5 Å². The number of aryl methyl sites for hydroxylation is 1. The Morgan fingerprint density at radius 1 is 0.870 bits per heavy atom. The van der Waals surface area contributed by atoms with Crippen molar-refractivity contribution in [3.63, 3.8) is 0 Å². The number of ether oxygens (including phenoxy) is 1. The van der Waals surface area contributed by atoms with Crippen LogP contribution in [0.4, 0.5) is 11.4 Å². The second-order valence-corrected chi connectivity index (χ2v) is 5.18. The number of pyridine rings is 1. The Hall–Kier alpha value is -3.01. The van der Waals surface area contributed by atoms with Crippen LogP contribution in [0.3, 0.4) is 0 Å². The molecule has 0 atom stereocenters. The first-order valence-electron chi connectivity index (χ1n) is 7.40. The number of nitrogens with zero attached hydrogens (tertiary/aromatic N) is 3. The SMILES string of the molecule is Cc1ccc(COc2ccc(N=Nc3cccnc3)cc2)cc1. The Kier molecular flexibility index (Phi) is 4.74. The minimum atomic E-state index is 0.552. The van der Waals surface area contributed by atoms with Crippen molar-refractivity contribution in [3.05, 3.63) is 84.2 Å². The fourth-order valence-electron chi connectivity index (χ4n) is 1.99. The summed E-state index contributed by atoms with van der Waals surface area (Å²) in [4.78, 5) is 4.00. The monoisotopic (exact) mass is 303 g/mol. The summed E-state index contributed by atoms with van der Waals surface area (Å²) in [6.45, 7) is 2.63. The highest BCUT2D eigenvalue weighted by Crippen LogP contribution is 2.21. The minimum Gasteiger partial charge on any atom is -0.489 e. The maximum absolute atomic E-state index is 5.77. The van der Waals surface area contributed by atoms with Gasteiger partial charge < -0.3 is 4.74 Å². The van der Waals surface area contributed by atoms with E-state index in [1.54, 1.807) is 12.4 Å². The molecule has 0 aliphatic heterocycles. The van der Waals surface area contributed by atoms with E-state index < -0.39 is 0 Å². The number of hydrogen-bond acceptors (Lipinski definition) is 4. The molecule has 4 heteroatoms. The lowest BCUT2D eigenvalue weighted by Gasteiger charge is -2.06. The molecule has 2 aromatic carbocycles. The third kappa shape index (κ3) is 4.48. The van der Waals surface area contributed by atoms with Crippen molar-refractivity contribution in [1.82, 2.24) is 4.98 Å². The number of benzene rings is 2. The molecule has 23 heavy (non-hydrogen) atoms. The molecule has 3 aromatic rings. The van der Waals surface area contributed by atoms with Gasteiger partial charge in [-0.2, -0.15) is 5.11 Å². The van der Waals surface area contributed by atoms with E-state index in [9.17, 15) is 0 Å². The first-order valence-corrected chi connectivity index (χ1v) is 7.40. The fourth-order valence-corrected chi connectivity index (χ4v) is 1.99. The van der Waals surface area contributed by atoms with Crippen LogP contribution in [0.25, 0.3) is 0 Å². The molecule has 0 aliphatic rings. The molecular weight excluding hydrogens is 286 g/mol. The summed E-state index contributed by atoms with van der Waals surface area (Å²) >= 11 is 0. The van der Waals surface area contributed by atoms with Gasteiger partial charge in [-0.15, -0.1) is 5.11 Å². The molecule has 0 radical (unpaired) electrons. The second kappa shape index (κ2) is 7.31. The molecule has 1 aromatic heterocycles. The van der Waals surface area contributed by atoms with Crippen LogP contribution in [0.5, 0.6) is 5.75 Å². The van der Waals surface area contributed by atoms with Crippen molar-refractivity contribution >= 4 is 11.4 Å². The summed E-state index contributed by atoms with van der Waals surface area (Å²) in [5.41, 5.74) is 3.90. The Labute approximate surface area is 135 Å². The predicted molar refractivity (Wildman–Crippen MR) is 90.4 cm³/mol.